The molecule has 66 valence electrons. The molecule has 0 spiro atoms. The zero-order valence-electron chi connectivity index (χ0n) is 6.01. The van der Waals surface area contributed by atoms with Crippen LogP contribution in [0.3, 0.4) is 0 Å². The van der Waals surface area contributed by atoms with Crippen LogP contribution >= 0.6 is 25.6 Å². The van der Waals surface area contributed by atoms with Gasteiger partial charge in [0.05, 0.1) is 0 Å². The summed E-state index contributed by atoms with van der Waals surface area (Å²) in [5, 5.41) is 18.7. The monoisotopic (exact) mass is 196 g/mol. The summed E-state index contributed by atoms with van der Waals surface area (Å²) < 4.78 is 0.790. The molecule has 11 heavy (non-hydrogen) atoms. The van der Waals surface area contributed by atoms with Gasteiger partial charge in [0.1, 0.15) is 0 Å². The maximum absolute atomic E-state index is 9.35. The Hall–Kier alpha value is 0.540. The molecule has 1 rings (SSSR count). The fraction of sp³-hybridized carbons (Fsp3) is 1.00. The van der Waals surface area contributed by atoms with Crippen LogP contribution in [-0.4, -0.2) is 37.9 Å². The number of rotatable bonds is 2. The van der Waals surface area contributed by atoms with E-state index in [1.165, 1.54) is 4.90 Å². The molecule has 2 N–H and O–H groups in total. The summed E-state index contributed by atoms with van der Waals surface area (Å²) in [6, 6.07) is -2.03. The lowest BCUT2D eigenvalue weighted by atomic mass is 10.4. The molecule has 6 heteroatoms. The Balaban J connectivity index is 2.55. The molecule has 0 aromatic carbocycles. The zero-order valence-corrected chi connectivity index (χ0v) is 7.80. The van der Waals surface area contributed by atoms with Gasteiger partial charge in [0.15, 0.2) is 0 Å². The lowest BCUT2D eigenvalue weighted by Gasteiger charge is -2.34. The van der Waals surface area contributed by atoms with Crippen molar-refractivity contribution in [3.8, 4) is 0 Å². The first-order valence-electron chi connectivity index (χ1n) is 3.43. The molecule has 0 aliphatic carbocycles. The fourth-order valence-electron chi connectivity index (χ4n) is 1.14. The molecular formula is C5H12N2O2S2. The summed E-state index contributed by atoms with van der Waals surface area (Å²) >= 11 is 7.42. The largest absolute Gasteiger partial charge is 0.339 e. The standard InChI is InChI=1S/C5H12N2O2S2/c8-5(9,7(10)11)6-3-1-2-4-6/h8-11H,1-4H2. The Morgan fingerprint density at radius 3 is 2.00 bits per heavy atom. The molecule has 0 unspecified atom stereocenters. The molecule has 1 saturated heterocycles. The predicted molar refractivity (Wildman–Crippen MR) is 47.8 cm³/mol. The van der Waals surface area contributed by atoms with Gasteiger partial charge in [-0.1, -0.05) is 25.6 Å². The van der Waals surface area contributed by atoms with E-state index in [-0.39, 0.29) is 0 Å². The third kappa shape index (κ3) is 2.01. The summed E-state index contributed by atoms with van der Waals surface area (Å²) in [6.45, 7) is 1.34. The van der Waals surface area contributed by atoms with E-state index in [2.05, 4.69) is 25.6 Å². The molecule has 1 heterocycles. The number of aliphatic hydroxyl groups is 2. The molecule has 0 amide bonds. The molecule has 1 aliphatic rings. The van der Waals surface area contributed by atoms with Crippen LogP contribution in [0.2, 0.25) is 0 Å². The van der Waals surface area contributed by atoms with E-state index < -0.39 is 6.03 Å². The molecule has 0 saturated carbocycles. The van der Waals surface area contributed by atoms with Crippen molar-refractivity contribution in [2.45, 2.75) is 18.9 Å². The van der Waals surface area contributed by atoms with Crippen molar-refractivity contribution >= 4 is 25.6 Å². The van der Waals surface area contributed by atoms with Crippen LogP contribution in [0.5, 0.6) is 0 Å². The van der Waals surface area contributed by atoms with Crippen LogP contribution in [0, 0.1) is 0 Å². The van der Waals surface area contributed by atoms with Gasteiger partial charge in [-0.15, -0.1) is 3.71 Å². The molecule has 0 aromatic rings. The maximum atomic E-state index is 9.35. The molecule has 1 aliphatic heterocycles. The Kier molecular flexibility index (Phi) is 3.07. The van der Waals surface area contributed by atoms with Gasteiger partial charge in [0, 0.05) is 13.1 Å². The lowest BCUT2D eigenvalue weighted by molar-refractivity contribution is -0.293. The van der Waals surface area contributed by atoms with E-state index in [1.54, 1.807) is 0 Å². The smallest absolute Gasteiger partial charge is 0.310 e. The highest BCUT2D eigenvalue weighted by molar-refractivity contribution is 7.93. The van der Waals surface area contributed by atoms with Crippen LogP contribution in [0.4, 0.5) is 0 Å². The maximum Gasteiger partial charge on any atom is 0.310 e. The minimum atomic E-state index is -2.03. The highest BCUT2D eigenvalue weighted by Crippen LogP contribution is 2.23. The van der Waals surface area contributed by atoms with E-state index >= 15 is 0 Å². The Morgan fingerprint density at radius 2 is 1.64 bits per heavy atom. The van der Waals surface area contributed by atoms with Gasteiger partial charge in [-0.2, -0.15) is 0 Å². The minimum absolute atomic E-state index is 0.671. The summed E-state index contributed by atoms with van der Waals surface area (Å²) in [4.78, 5) is 1.51. The van der Waals surface area contributed by atoms with Gasteiger partial charge < -0.3 is 10.2 Å². The van der Waals surface area contributed by atoms with E-state index in [4.69, 9.17) is 0 Å². The zero-order chi connectivity index (χ0) is 8.48. The van der Waals surface area contributed by atoms with Crippen molar-refractivity contribution in [3.05, 3.63) is 0 Å². The topological polar surface area (TPSA) is 46.9 Å². The average Bonchev–Trinajstić information content (AvgIpc) is 2.37. The Morgan fingerprint density at radius 1 is 1.18 bits per heavy atom. The molecule has 4 nitrogen and oxygen atoms in total. The molecular weight excluding hydrogens is 184 g/mol. The van der Waals surface area contributed by atoms with E-state index in [0.29, 0.717) is 13.1 Å². The SMILES string of the molecule is OC(O)(N(S)S)N1CCCC1. The van der Waals surface area contributed by atoms with Crippen molar-refractivity contribution in [2.75, 3.05) is 13.1 Å². The Bertz CT molecular complexity index is 136. The normalized spacial score (nSPS) is 21.5. The predicted octanol–water partition coefficient (Wildman–Crippen LogP) is -0.330. The van der Waals surface area contributed by atoms with Crippen LogP contribution in [0.15, 0.2) is 0 Å². The number of nitrogens with zero attached hydrogens (tertiary/aromatic N) is 2. The van der Waals surface area contributed by atoms with E-state index in [0.717, 1.165) is 16.6 Å². The molecule has 0 aromatic heterocycles. The van der Waals surface area contributed by atoms with Crippen LogP contribution < -0.4 is 0 Å². The second-order valence-corrected chi connectivity index (χ2v) is 3.70. The third-order valence-corrected chi connectivity index (χ3v) is 2.34. The molecule has 0 atom stereocenters. The minimum Gasteiger partial charge on any atom is -0.339 e. The fourth-order valence-corrected chi connectivity index (χ4v) is 1.40. The van der Waals surface area contributed by atoms with Crippen molar-refractivity contribution < 1.29 is 10.2 Å². The van der Waals surface area contributed by atoms with Crippen molar-refractivity contribution in [1.29, 1.82) is 0 Å². The summed E-state index contributed by atoms with van der Waals surface area (Å²) in [6.07, 6.45) is 1.97. The van der Waals surface area contributed by atoms with Gasteiger partial charge in [-0.05, 0) is 12.8 Å². The van der Waals surface area contributed by atoms with Gasteiger partial charge >= 0.3 is 6.03 Å². The lowest BCUT2D eigenvalue weighted by Crippen LogP contribution is -2.53. The molecule has 0 radical (unpaired) electrons. The number of hydrogen-bond acceptors (Lipinski definition) is 6. The van der Waals surface area contributed by atoms with Crippen molar-refractivity contribution in [2.24, 2.45) is 0 Å². The van der Waals surface area contributed by atoms with Gasteiger partial charge in [0.2, 0.25) is 0 Å². The van der Waals surface area contributed by atoms with Crippen LogP contribution in [0.1, 0.15) is 12.8 Å². The van der Waals surface area contributed by atoms with Crippen molar-refractivity contribution in [1.82, 2.24) is 8.61 Å². The molecule has 0 bridgehead atoms. The van der Waals surface area contributed by atoms with Crippen LogP contribution in [0.25, 0.3) is 0 Å². The summed E-state index contributed by atoms with van der Waals surface area (Å²) in [5.41, 5.74) is 0. The summed E-state index contributed by atoms with van der Waals surface area (Å²) in [7, 11) is 0. The highest BCUT2D eigenvalue weighted by Gasteiger charge is 2.37. The first kappa shape index (κ1) is 9.63. The third-order valence-electron chi connectivity index (χ3n) is 1.80. The first-order valence-corrected chi connectivity index (χ1v) is 4.23. The van der Waals surface area contributed by atoms with E-state index in [1.807, 2.05) is 0 Å². The second kappa shape index (κ2) is 3.51. The van der Waals surface area contributed by atoms with Gasteiger partial charge in [-0.25, -0.2) is 4.90 Å². The van der Waals surface area contributed by atoms with Gasteiger partial charge in [-0.3, -0.25) is 0 Å². The first-order chi connectivity index (χ1) is 5.05. The highest BCUT2D eigenvalue weighted by atomic mass is 32.2. The van der Waals surface area contributed by atoms with Crippen LogP contribution in [-0.2, 0) is 0 Å². The summed E-state index contributed by atoms with van der Waals surface area (Å²) in [5.74, 6) is 0. The van der Waals surface area contributed by atoms with Crippen molar-refractivity contribution in [3.63, 3.8) is 0 Å². The van der Waals surface area contributed by atoms with Gasteiger partial charge in [0.25, 0.3) is 0 Å². The Labute approximate surface area is 76.9 Å². The average molecular weight is 196 g/mol. The van der Waals surface area contributed by atoms with E-state index in [9.17, 15) is 10.2 Å². The molecule has 1 fully saturated rings. The number of hydrogen-bond donors (Lipinski definition) is 4. The number of thiol groups is 2. The second-order valence-electron chi connectivity index (χ2n) is 2.58. The number of likely N-dealkylation sites (tertiary alicyclic amines) is 1. The quantitative estimate of drug-likeness (QED) is 0.361.